The van der Waals surface area contributed by atoms with Crippen LogP contribution in [0.15, 0.2) is 53.9 Å². The van der Waals surface area contributed by atoms with Gasteiger partial charge >= 0.3 is 0 Å². The summed E-state index contributed by atoms with van der Waals surface area (Å²) in [6.45, 7) is 0.150. The zero-order chi connectivity index (χ0) is 18.5. The minimum absolute atomic E-state index is 0.134. The van der Waals surface area contributed by atoms with Crippen LogP contribution in [-0.4, -0.2) is 24.3 Å². The van der Waals surface area contributed by atoms with E-state index in [1.54, 1.807) is 24.3 Å². The summed E-state index contributed by atoms with van der Waals surface area (Å²) in [5.74, 6) is -1.10. The number of carbonyl (C=O) groups is 3. The third kappa shape index (κ3) is 4.07. The second-order valence-electron chi connectivity index (χ2n) is 5.67. The lowest BCUT2D eigenvalue weighted by Gasteiger charge is -2.07. The molecule has 0 radical (unpaired) electrons. The molecule has 0 spiro atoms. The lowest BCUT2D eigenvalue weighted by Crippen LogP contribution is -2.33. The van der Waals surface area contributed by atoms with Gasteiger partial charge in [0.05, 0.1) is 12.1 Å². The van der Waals surface area contributed by atoms with E-state index in [1.807, 2.05) is 29.6 Å². The van der Waals surface area contributed by atoms with E-state index in [0.717, 1.165) is 15.6 Å². The first-order chi connectivity index (χ1) is 12.5. The Morgan fingerprint density at radius 1 is 0.923 bits per heavy atom. The van der Waals surface area contributed by atoms with Crippen LogP contribution in [0.3, 0.4) is 0 Å². The summed E-state index contributed by atoms with van der Waals surface area (Å²) < 4.78 is 1.07. The first kappa shape index (κ1) is 17.6. The molecular formula is C19H17N3O3S. The number of hydrogen-bond donors (Lipinski definition) is 3. The highest BCUT2D eigenvalue weighted by atomic mass is 32.1. The monoisotopic (exact) mass is 367 g/mol. The first-order valence-corrected chi connectivity index (χ1v) is 8.82. The summed E-state index contributed by atoms with van der Waals surface area (Å²) in [7, 11) is 0. The Morgan fingerprint density at radius 2 is 1.65 bits per heavy atom. The van der Waals surface area contributed by atoms with E-state index in [1.165, 1.54) is 11.3 Å². The van der Waals surface area contributed by atoms with Gasteiger partial charge in [-0.1, -0.05) is 30.3 Å². The van der Waals surface area contributed by atoms with Gasteiger partial charge in [-0.05, 0) is 23.8 Å². The predicted octanol–water partition coefficient (Wildman–Crippen LogP) is 2.05. The number of fused-ring (bicyclic) bond motifs is 1. The van der Waals surface area contributed by atoms with Gasteiger partial charge in [0.1, 0.15) is 0 Å². The van der Waals surface area contributed by atoms with Gasteiger partial charge in [0.25, 0.3) is 11.8 Å². The Balaban J connectivity index is 1.60. The Bertz CT molecular complexity index is 964. The fraction of sp³-hybridized carbons (Fsp3) is 0.105. The standard InChI is InChI=1S/C19H17N3O3S/c20-17(23)10-22-18(24)13-7-5-12(6-8-13)9-21-19(25)15-11-26-16-4-2-1-3-14(15)16/h1-8,11H,9-10H2,(H2,20,23)(H,21,25)(H,22,24). The highest BCUT2D eigenvalue weighted by Crippen LogP contribution is 2.25. The van der Waals surface area contributed by atoms with Crippen LogP contribution in [0.4, 0.5) is 0 Å². The molecule has 1 aromatic heterocycles. The molecule has 6 nitrogen and oxygen atoms in total. The number of nitrogens with two attached hydrogens (primary N) is 1. The Morgan fingerprint density at radius 3 is 2.38 bits per heavy atom. The average Bonchev–Trinajstić information content (AvgIpc) is 3.09. The molecule has 1 heterocycles. The quantitative estimate of drug-likeness (QED) is 0.621. The molecule has 0 aliphatic heterocycles. The van der Waals surface area contributed by atoms with Crippen molar-refractivity contribution in [2.24, 2.45) is 5.73 Å². The zero-order valence-corrected chi connectivity index (χ0v) is 14.6. The SMILES string of the molecule is NC(=O)CNC(=O)c1ccc(CNC(=O)c2csc3ccccc23)cc1. The predicted molar refractivity (Wildman–Crippen MR) is 101 cm³/mol. The molecule has 0 aliphatic carbocycles. The highest BCUT2D eigenvalue weighted by Gasteiger charge is 2.12. The summed E-state index contributed by atoms with van der Waals surface area (Å²) in [5.41, 5.74) is 6.94. The Kier molecular flexibility index (Phi) is 5.28. The largest absolute Gasteiger partial charge is 0.368 e. The molecule has 0 saturated heterocycles. The van der Waals surface area contributed by atoms with Crippen molar-refractivity contribution in [1.29, 1.82) is 0 Å². The molecule has 3 aromatic rings. The summed E-state index contributed by atoms with van der Waals surface area (Å²) in [6, 6.07) is 14.6. The van der Waals surface area contributed by atoms with Crippen molar-refractivity contribution in [1.82, 2.24) is 10.6 Å². The van der Waals surface area contributed by atoms with Gasteiger partial charge in [-0.25, -0.2) is 0 Å². The Hall–Kier alpha value is -3.19. The average molecular weight is 367 g/mol. The number of carbonyl (C=O) groups excluding carboxylic acids is 3. The normalized spacial score (nSPS) is 10.5. The van der Waals surface area contributed by atoms with Gasteiger partial charge < -0.3 is 16.4 Å². The number of rotatable bonds is 6. The molecular weight excluding hydrogens is 350 g/mol. The summed E-state index contributed by atoms with van der Waals surface area (Å²) >= 11 is 1.54. The van der Waals surface area contributed by atoms with Gasteiger partial charge in [-0.3, -0.25) is 14.4 Å². The van der Waals surface area contributed by atoms with Crippen LogP contribution < -0.4 is 16.4 Å². The van der Waals surface area contributed by atoms with E-state index in [0.29, 0.717) is 17.7 Å². The molecule has 2 aromatic carbocycles. The number of hydrogen-bond acceptors (Lipinski definition) is 4. The smallest absolute Gasteiger partial charge is 0.253 e. The molecule has 132 valence electrons. The van der Waals surface area contributed by atoms with Crippen LogP contribution in [-0.2, 0) is 11.3 Å². The van der Waals surface area contributed by atoms with Crippen molar-refractivity contribution in [2.45, 2.75) is 6.54 Å². The van der Waals surface area contributed by atoms with Crippen molar-refractivity contribution in [3.05, 3.63) is 70.6 Å². The van der Waals surface area contributed by atoms with Crippen LogP contribution in [0.1, 0.15) is 26.3 Å². The minimum atomic E-state index is -0.598. The van der Waals surface area contributed by atoms with Crippen molar-refractivity contribution < 1.29 is 14.4 Å². The van der Waals surface area contributed by atoms with E-state index in [4.69, 9.17) is 5.73 Å². The summed E-state index contributed by atoms with van der Waals surface area (Å²) in [6.07, 6.45) is 0. The molecule has 0 fully saturated rings. The van der Waals surface area contributed by atoms with Crippen LogP contribution in [0.5, 0.6) is 0 Å². The van der Waals surface area contributed by atoms with Gasteiger partial charge in [0, 0.05) is 27.6 Å². The maximum Gasteiger partial charge on any atom is 0.253 e. The number of nitrogens with one attached hydrogen (secondary N) is 2. The second kappa shape index (κ2) is 7.79. The molecule has 0 bridgehead atoms. The fourth-order valence-corrected chi connectivity index (χ4v) is 3.42. The van der Waals surface area contributed by atoms with Crippen molar-refractivity contribution in [3.8, 4) is 0 Å². The number of amides is 3. The van der Waals surface area contributed by atoms with E-state index in [2.05, 4.69) is 10.6 Å². The van der Waals surface area contributed by atoms with Gasteiger partial charge in [-0.15, -0.1) is 11.3 Å². The third-order valence-electron chi connectivity index (χ3n) is 3.82. The lowest BCUT2D eigenvalue weighted by atomic mass is 10.1. The zero-order valence-electron chi connectivity index (χ0n) is 13.8. The van der Waals surface area contributed by atoms with Gasteiger partial charge in [-0.2, -0.15) is 0 Å². The molecule has 0 unspecified atom stereocenters. The Labute approximate surface area is 154 Å². The molecule has 0 saturated carbocycles. The van der Waals surface area contributed by atoms with E-state index >= 15 is 0 Å². The molecule has 3 rings (SSSR count). The second-order valence-corrected chi connectivity index (χ2v) is 6.59. The number of thiophene rings is 1. The molecule has 0 aliphatic rings. The van der Waals surface area contributed by atoms with E-state index in [-0.39, 0.29) is 18.4 Å². The lowest BCUT2D eigenvalue weighted by molar-refractivity contribution is -0.117. The maximum atomic E-state index is 12.4. The molecule has 0 atom stereocenters. The van der Waals surface area contributed by atoms with Gasteiger partial charge in [0.15, 0.2) is 0 Å². The molecule has 4 N–H and O–H groups in total. The van der Waals surface area contributed by atoms with Crippen molar-refractivity contribution >= 4 is 39.1 Å². The fourth-order valence-electron chi connectivity index (χ4n) is 2.47. The van der Waals surface area contributed by atoms with Crippen molar-refractivity contribution in [2.75, 3.05) is 6.54 Å². The molecule has 3 amide bonds. The maximum absolute atomic E-state index is 12.4. The third-order valence-corrected chi connectivity index (χ3v) is 4.78. The van der Waals surface area contributed by atoms with E-state index < -0.39 is 5.91 Å². The van der Waals surface area contributed by atoms with Crippen LogP contribution in [0.2, 0.25) is 0 Å². The van der Waals surface area contributed by atoms with Crippen LogP contribution in [0.25, 0.3) is 10.1 Å². The first-order valence-electron chi connectivity index (χ1n) is 7.94. The van der Waals surface area contributed by atoms with E-state index in [9.17, 15) is 14.4 Å². The molecule has 26 heavy (non-hydrogen) atoms. The van der Waals surface area contributed by atoms with Gasteiger partial charge in [0.2, 0.25) is 5.91 Å². The topological polar surface area (TPSA) is 101 Å². The molecule has 7 heteroatoms. The van der Waals surface area contributed by atoms with Crippen LogP contribution in [0, 0.1) is 0 Å². The number of primary amides is 1. The summed E-state index contributed by atoms with van der Waals surface area (Å²) in [5, 5.41) is 8.10. The number of benzene rings is 2. The van der Waals surface area contributed by atoms with Crippen molar-refractivity contribution in [3.63, 3.8) is 0 Å². The minimum Gasteiger partial charge on any atom is -0.368 e. The summed E-state index contributed by atoms with van der Waals surface area (Å²) in [4.78, 5) is 34.9. The van der Waals surface area contributed by atoms with Crippen LogP contribution >= 0.6 is 11.3 Å². The highest BCUT2D eigenvalue weighted by molar-refractivity contribution is 7.17.